The first-order chi connectivity index (χ1) is 15.7. The van der Waals surface area contributed by atoms with Crippen LogP contribution in [0.3, 0.4) is 0 Å². The maximum absolute atomic E-state index is 12.5. The molecule has 0 amide bonds. The Morgan fingerprint density at radius 2 is 0.939 bits per heavy atom. The zero-order chi connectivity index (χ0) is 24.1. The van der Waals surface area contributed by atoms with Crippen LogP contribution in [0.4, 0.5) is 0 Å². The van der Waals surface area contributed by atoms with Gasteiger partial charge in [-0.2, -0.15) is 0 Å². The first kappa shape index (κ1) is 22.7. The van der Waals surface area contributed by atoms with Crippen molar-refractivity contribution in [3.63, 3.8) is 0 Å². The predicted octanol–water partition coefficient (Wildman–Crippen LogP) is 3.22. The van der Waals surface area contributed by atoms with E-state index in [2.05, 4.69) is 0 Å². The highest BCUT2D eigenvalue weighted by Crippen LogP contribution is 2.27. The summed E-state index contributed by atoms with van der Waals surface area (Å²) < 4.78 is 10.2. The van der Waals surface area contributed by atoms with E-state index in [9.17, 15) is 39.3 Å². The summed E-state index contributed by atoms with van der Waals surface area (Å²) in [5, 5.41) is 27.8. The molecular formula is C23H14O10. The van der Waals surface area contributed by atoms with Gasteiger partial charge in [-0.05, 0) is 36.4 Å². The minimum Gasteiger partial charge on any atom is -0.478 e. The quantitative estimate of drug-likeness (QED) is 0.359. The third-order valence-corrected chi connectivity index (χ3v) is 4.35. The summed E-state index contributed by atoms with van der Waals surface area (Å²) in [6.07, 6.45) is 0. The molecule has 0 radical (unpaired) electrons. The third-order valence-electron chi connectivity index (χ3n) is 4.35. The number of hydrogen-bond donors (Lipinski definition) is 3. The molecular weight excluding hydrogens is 436 g/mol. The molecule has 10 heteroatoms. The number of carboxylic acids is 3. The summed E-state index contributed by atoms with van der Waals surface area (Å²) in [7, 11) is 0. The van der Waals surface area contributed by atoms with E-state index in [0.29, 0.717) is 0 Å². The molecule has 10 nitrogen and oxygen atoms in total. The van der Waals surface area contributed by atoms with E-state index in [1.165, 1.54) is 48.5 Å². The summed E-state index contributed by atoms with van der Waals surface area (Å²) >= 11 is 0. The van der Waals surface area contributed by atoms with Gasteiger partial charge in [0.05, 0.1) is 22.3 Å². The van der Waals surface area contributed by atoms with Crippen LogP contribution in [0.5, 0.6) is 11.5 Å². The third kappa shape index (κ3) is 5.02. The number of ether oxygens (including phenoxy) is 2. The van der Waals surface area contributed by atoms with E-state index in [4.69, 9.17) is 9.47 Å². The van der Waals surface area contributed by atoms with Crippen molar-refractivity contribution in [1.29, 1.82) is 0 Å². The molecule has 0 unspecified atom stereocenters. The Balaban J connectivity index is 1.93. The summed E-state index contributed by atoms with van der Waals surface area (Å²) in [4.78, 5) is 59.2. The molecule has 0 aliphatic rings. The zero-order valence-electron chi connectivity index (χ0n) is 16.6. The molecule has 0 heterocycles. The topological polar surface area (TPSA) is 164 Å². The van der Waals surface area contributed by atoms with E-state index in [0.717, 1.165) is 18.2 Å². The summed E-state index contributed by atoms with van der Waals surface area (Å²) in [6.45, 7) is 0. The molecule has 0 saturated heterocycles. The lowest BCUT2D eigenvalue weighted by molar-refractivity contribution is 0.0650. The van der Waals surface area contributed by atoms with E-state index in [1.807, 2.05) is 0 Å². The van der Waals surface area contributed by atoms with Crippen molar-refractivity contribution >= 4 is 29.8 Å². The van der Waals surface area contributed by atoms with Crippen molar-refractivity contribution in [2.24, 2.45) is 0 Å². The van der Waals surface area contributed by atoms with Gasteiger partial charge in [-0.1, -0.05) is 24.3 Å². The second kappa shape index (κ2) is 9.43. The highest BCUT2D eigenvalue weighted by atomic mass is 16.5. The molecule has 3 N–H and O–H groups in total. The molecule has 0 saturated carbocycles. The van der Waals surface area contributed by atoms with E-state index in [1.54, 1.807) is 0 Å². The van der Waals surface area contributed by atoms with E-state index < -0.39 is 41.2 Å². The van der Waals surface area contributed by atoms with Crippen molar-refractivity contribution in [3.05, 3.63) is 94.5 Å². The second-order valence-corrected chi connectivity index (χ2v) is 6.44. The SMILES string of the molecule is O=C(O)c1ccc(OC(=O)c2ccccc2C(=O)O)cc1OC(=O)c1ccccc1C(=O)O. The van der Waals surface area contributed by atoms with Crippen LogP contribution < -0.4 is 9.47 Å². The first-order valence-electron chi connectivity index (χ1n) is 9.15. The van der Waals surface area contributed by atoms with Crippen LogP contribution in [-0.2, 0) is 0 Å². The lowest BCUT2D eigenvalue weighted by Gasteiger charge is -2.12. The van der Waals surface area contributed by atoms with Gasteiger partial charge in [0.1, 0.15) is 17.1 Å². The number of hydrogen-bond acceptors (Lipinski definition) is 7. The van der Waals surface area contributed by atoms with E-state index >= 15 is 0 Å². The highest BCUT2D eigenvalue weighted by molar-refractivity contribution is 6.04. The standard InChI is InChI=1S/C23H14O10/c24-19(25)13-5-1-3-7-15(13)22(30)32-12-9-10-17(21(28)29)18(11-12)33-23(31)16-8-4-2-6-14(16)20(26)27/h1-11H,(H,24,25)(H,26,27)(H,28,29). The van der Waals surface area contributed by atoms with Crippen LogP contribution in [0.25, 0.3) is 0 Å². The Kier molecular flexibility index (Phi) is 6.49. The maximum Gasteiger partial charge on any atom is 0.344 e. The molecule has 0 spiro atoms. The molecule has 3 aromatic carbocycles. The van der Waals surface area contributed by atoms with E-state index in [-0.39, 0.29) is 28.0 Å². The fraction of sp³-hybridized carbons (Fsp3) is 0. The fourth-order valence-electron chi connectivity index (χ4n) is 2.84. The molecule has 3 rings (SSSR count). The van der Waals surface area contributed by atoms with Crippen LogP contribution in [0.2, 0.25) is 0 Å². The number of esters is 2. The fourth-order valence-corrected chi connectivity index (χ4v) is 2.84. The van der Waals surface area contributed by atoms with Crippen molar-refractivity contribution in [2.75, 3.05) is 0 Å². The van der Waals surface area contributed by atoms with Crippen molar-refractivity contribution < 1.29 is 48.8 Å². The smallest absolute Gasteiger partial charge is 0.344 e. The molecule has 0 atom stereocenters. The number of aromatic carboxylic acids is 3. The molecule has 0 aromatic heterocycles. The van der Waals surface area contributed by atoms with Gasteiger partial charge in [-0.3, -0.25) is 0 Å². The van der Waals surface area contributed by atoms with Gasteiger partial charge in [0.2, 0.25) is 0 Å². The van der Waals surface area contributed by atoms with Gasteiger partial charge in [-0.15, -0.1) is 0 Å². The predicted molar refractivity (Wildman–Crippen MR) is 110 cm³/mol. The van der Waals surface area contributed by atoms with Crippen LogP contribution in [0, 0.1) is 0 Å². The molecule has 0 aliphatic carbocycles. The van der Waals surface area contributed by atoms with Gasteiger partial charge in [0.15, 0.2) is 0 Å². The first-order valence-corrected chi connectivity index (χ1v) is 9.15. The lowest BCUT2D eigenvalue weighted by atomic mass is 10.1. The Labute approximate surface area is 185 Å². The minimum absolute atomic E-state index is 0.237. The number of carboxylic acid groups (broad SMARTS) is 3. The summed E-state index contributed by atoms with van der Waals surface area (Å²) in [5.41, 5.74) is -1.68. The molecule has 166 valence electrons. The van der Waals surface area contributed by atoms with Crippen molar-refractivity contribution in [3.8, 4) is 11.5 Å². The van der Waals surface area contributed by atoms with Crippen LogP contribution in [-0.4, -0.2) is 45.2 Å². The highest BCUT2D eigenvalue weighted by Gasteiger charge is 2.23. The monoisotopic (exact) mass is 450 g/mol. The second-order valence-electron chi connectivity index (χ2n) is 6.44. The van der Waals surface area contributed by atoms with Crippen LogP contribution in [0.1, 0.15) is 51.8 Å². The molecule has 0 aliphatic heterocycles. The van der Waals surface area contributed by atoms with Crippen molar-refractivity contribution in [2.45, 2.75) is 0 Å². The Bertz CT molecular complexity index is 1290. The number of carbonyl (C=O) groups is 5. The van der Waals surface area contributed by atoms with Gasteiger partial charge in [-0.25, -0.2) is 24.0 Å². The zero-order valence-corrected chi connectivity index (χ0v) is 16.6. The number of benzene rings is 3. The van der Waals surface area contributed by atoms with Gasteiger partial charge in [0, 0.05) is 6.07 Å². The van der Waals surface area contributed by atoms with Gasteiger partial charge < -0.3 is 24.8 Å². The normalized spacial score (nSPS) is 10.2. The lowest BCUT2D eigenvalue weighted by Crippen LogP contribution is -2.16. The summed E-state index contributed by atoms with van der Waals surface area (Å²) in [5.74, 6) is -7.13. The molecule has 33 heavy (non-hydrogen) atoms. The van der Waals surface area contributed by atoms with Crippen LogP contribution in [0.15, 0.2) is 66.7 Å². The molecule has 0 fully saturated rings. The Hall–Kier alpha value is -4.99. The van der Waals surface area contributed by atoms with Gasteiger partial charge >= 0.3 is 29.8 Å². The van der Waals surface area contributed by atoms with Gasteiger partial charge in [0.25, 0.3) is 0 Å². The maximum atomic E-state index is 12.5. The average molecular weight is 450 g/mol. The Morgan fingerprint density at radius 3 is 1.39 bits per heavy atom. The summed E-state index contributed by atoms with van der Waals surface area (Å²) in [6, 6.07) is 13.6. The van der Waals surface area contributed by atoms with Crippen LogP contribution >= 0.6 is 0 Å². The number of rotatable bonds is 7. The molecule has 3 aromatic rings. The number of carbonyl (C=O) groups excluding carboxylic acids is 2. The Morgan fingerprint density at radius 1 is 0.515 bits per heavy atom. The van der Waals surface area contributed by atoms with Crippen molar-refractivity contribution in [1.82, 2.24) is 0 Å². The minimum atomic E-state index is -1.46. The average Bonchev–Trinajstić information content (AvgIpc) is 2.78. The largest absolute Gasteiger partial charge is 0.478 e. The molecule has 0 bridgehead atoms.